The molecule has 2 aromatic carbocycles. The quantitative estimate of drug-likeness (QED) is 0.233. The van der Waals surface area contributed by atoms with Gasteiger partial charge in [0.2, 0.25) is 5.91 Å². The number of hydrogen-bond donors (Lipinski definition) is 0. The summed E-state index contributed by atoms with van der Waals surface area (Å²) in [4.78, 5) is 41.6. The Morgan fingerprint density at radius 1 is 1.19 bits per heavy atom. The molecular formula is C23H24N4O7S2. The molecule has 0 radical (unpaired) electrons. The van der Waals surface area contributed by atoms with E-state index in [1.54, 1.807) is 22.8 Å². The summed E-state index contributed by atoms with van der Waals surface area (Å²) in [5, 5.41) is 11.1. The Kier molecular flexibility index (Phi) is 7.62. The number of nitro benzene ring substituents is 1. The van der Waals surface area contributed by atoms with Crippen LogP contribution in [-0.2, 0) is 37.1 Å². The van der Waals surface area contributed by atoms with Gasteiger partial charge in [0.05, 0.1) is 21.7 Å². The molecule has 0 aliphatic carbocycles. The molecule has 0 bridgehead atoms. The van der Waals surface area contributed by atoms with Crippen molar-refractivity contribution in [2.24, 2.45) is 4.99 Å². The molecule has 0 saturated carbocycles. The molecule has 0 N–H and O–H groups in total. The van der Waals surface area contributed by atoms with Crippen LogP contribution < -0.4 is 9.70 Å². The number of para-hydroxylation sites is 1. The van der Waals surface area contributed by atoms with Crippen LogP contribution in [0.1, 0.15) is 12.5 Å². The van der Waals surface area contributed by atoms with Crippen molar-refractivity contribution in [3.8, 4) is 0 Å². The van der Waals surface area contributed by atoms with Gasteiger partial charge >= 0.3 is 0 Å². The summed E-state index contributed by atoms with van der Waals surface area (Å²) in [5.41, 5.74) is 2.16. The van der Waals surface area contributed by atoms with Gasteiger partial charge in [-0.05, 0) is 31.0 Å². The first-order valence-corrected chi connectivity index (χ1v) is 13.8. The van der Waals surface area contributed by atoms with Gasteiger partial charge in [-0.15, -0.1) is 0 Å². The van der Waals surface area contributed by atoms with Crippen molar-refractivity contribution in [1.82, 2.24) is 4.57 Å². The normalized spacial score (nSPS) is 13.8. The Hall–Kier alpha value is -3.42. The zero-order valence-corrected chi connectivity index (χ0v) is 21.1. The van der Waals surface area contributed by atoms with Crippen LogP contribution in [0.25, 0.3) is 10.2 Å². The van der Waals surface area contributed by atoms with E-state index in [1.807, 2.05) is 19.1 Å². The number of fused-ring (bicyclic) bond motifs is 2. The van der Waals surface area contributed by atoms with E-state index < -0.39 is 38.1 Å². The molecule has 0 spiro atoms. The van der Waals surface area contributed by atoms with E-state index in [2.05, 4.69) is 4.99 Å². The van der Waals surface area contributed by atoms with Crippen LogP contribution in [0.2, 0.25) is 0 Å². The number of nitro groups is 1. The topological polar surface area (TPSA) is 141 Å². The van der Waals surface area contributed by atoms with E-state index in [0.29, 0.717) is 48.6 Å². The van der Waals surface area contributed by atoms with Gasteiger partial charge in [-0.1, -0.05) is 29.5 Å². The maximum absolute atomic E-state index is 12.7. The summed E-state index contributed by atoms with van der Waals surface area (Å²) in [6.45, 7) is 3.33. The number of non-ortho nitro benzene ring substituents is 1. The van der Waals surface area contributed by atoms with Crippen molar-refractivity contribution in [3.63, 3.8) is 0 Å². The number of carbonyl (C=O) groups is 2. The lowest BCUT2D eigenvalue weighted by molar-refractivity contribution is -0.384. The minimum Gasteiger partial charge on any atom is -0.380 e. The molecule has 0 fully saturated rings. The minimum absolute atomic E-state index is 0.108. The molecule has 13 heteroatoms. The fraction of sp³-hybridized carbons (Fsp3) is 0.348. The van der Waals surface area contributed by atoms with Gasteiger partial charge in [0, 0.05) is 37.5 Å². The second kappa shape index (κ2) is 10.7. The van der Waals surface area contributed by atoms with E-state index in [4.69, 9.17) is 4.74 Å². The highest BCUT2D eigenvalue weighted by Gasteiger charge is 2.29. The van der Waals surface area contributed by atoms with Crippen molar-refractivity contribution >= 4 is 54.6 Å². The first kappa shape index (κ1) is 25.7. The van der Waals surface area contributed by atoms with E-state index in [0.717, 1.165) is 16.9 Å². The van der Waals surface area contributed by atoms with Crippen molar-refractivity contribution < 1.29 is 27.7 Å². The number of carbonyl (C=O) groups excluding carboxylic acids is 2. The van der Waals surface area contributed by atoms with Gasteiger partial charge in [0.25, 0.3) is 11.6 Å². The average Bonchev–Trinajstić information content (AvgIpc) is 3.39. The highest BCUT2D eigenvalue weighted by atomic mass is 32.2. The molecule has 1 aliphatic heterocycles. The predicted octanol–water partition coefficient (Wildman–Crippen LogP) is 2.08. The van der Waals surface area contributed by atoms with Crippen molar-refractivity contribution in [3.05, 3.63) is 62.9 Å². The largest absolute Gasteiger partial charge is 0.380 e. The fourth-order valence-corrected chi connectivity index (χ4v) is 6.20. The molecular weight excluding hydrogens is 508 g/mol. The third kappa shape index (κ3) is 5.69. The van der Waals surface area contributed by atoms with E-state index in [-0.39, 0.29) is 10.5 Å². The van der Waals surface area contributed by atoms with Crippen molar-refractivity contribution in [2.45, 2.75) is 19.9 Å². The molecule has 11 nitrogen and oxygen atoms in total. The number of thiazole rings is 1. The molecule has 1 aromatic heterocycles. The van der Waals surface area contributed by atoms with Crippen LogP contribution in [0.4, 0.5) is 11.4 Å². The minimum atomic E-state index is -4.08. The molecule has 3 aromatic rings. The molecule has 2 amide bonds. The number of anilines is 1. The van der Waals surface area contributed by atoms with Gasteiger partial charge in [0.15, 0.2) is 14.6 Å². The Morgan fingerprint density at radius 2 is 1.97 bits per heavy atom. The predicted molar refractivity (Wildman–Crippen MR) is 135 cm³/mol. The van der Waals surface area contributed by atoms with E-state index in [1.165, 1.54) is 17.0 Å². The number of nitrogens with zero attached hydrogens (tertiary/aromatic N) is 4. The zero-order valence-electron chi connectivity index (χ0n) is 19.5. The smallest absolute Gasteiger partial charge is 0.270 e. The first-order valence-electron chi connectivity index (χ1n) is 11.2. The summed E-state index contributed by atoms with van der Waals surface area (Å²) in [6.07, 6.45) is 0.641. The number of sulfone groups is 1. The van der Waals surface area contributed by atoms with Gasteiger partial charge in [0.1, 0.15) is 11.5 Å². The third-order valence-electron chi connectivity index (χ3n) is 5.64. The number of amides is 2. The average molecular weight is 533 g/mol. The molecule has 0 atom stereocenters. The molecule has 0 unspecified atom stereocenters. The van der Waals surface area contributed by atoms with Gasteiger partial charge in [-0.25, -0.2) is 8.42 Å². The summed E-state index contributed by atoms with van der Waals surface area (Å²) >= 11 is 1.04. The van der Waals surface area contributed by atoms with Crippen LogP contribution in [-0.4, -0.2) is 61.0 Å². The van der Waals surface area contributed by atoms with Crippen LogP contribution in [0.3, 0.4) is 0 Å². The van der Waals surface area contributed by atoms with E-state index >= 15 is 0 Å². The maximum Gasteiger partial charge on any atom is 0.270 e. The maximum atomic E-state index is 12.7. The highest BCUT2D eigenvalue weighted by molar-refractivity contribution is 7.92. The van der Waals surface area contributed by atoms with Gasteiger partial charge < -0.3 is 14.2 Å². The summed E-state index contributed by atoms with van der Waals surface area (Å²) < 4.78 is 32.9. The Balaban J connectivity index is 1.55. The van der Waals surface area contributed by atoms with Crippen molar-refractivity contribution in [1.29, 1.82) is 0 Å². The fourth-order valence-electron chi connectivity index (χ4n) is 4.02. The lowest BCUT2D eigenvalue weighted by atomic mass is 10.2. The number of ether oxygens (including phenoxy) is 1. The van der Waals surface area contributed by atoms with Gasteiger partial charge in [-0.3, -0.25) is 19.7 Å². The summed E-state index contributed by atoms with van der Waals surface area (Å²) in [7, 11) is -4.08. The van der Waals surface area contributed by atoms with Crippen molar-refractivity contribution in [2.75, 3.05) is 36.2 Å². The van der Waals surface area contributed by atoms with Gasteiger partial charge in [-0.2, -0.15) is 4.99 Å². The Morgan fingerprint density at radius 3 is 2.72 bits per heavy atom. The SMILES string of the molecule is CCOCCn1c(=NC(=O)CS(=O)(=O)CC(=O)N2CCc3ccccc32)sc2cc([N+](=O)[O-])ccc21. The van der Waals surface area contributed by atoms with Crippen LogP contribution in [0.5, 0.6) is 0 Å². The molecule has 0 saturated heterocycles. The molecule has 36 heavy (non-hydrogen) atoms. The molecule has 4 rings (SSSR count). The number of benzene rings is 2. The molecule has 2 heterocycles. The number of hydrogen-bond acceptors (Lipinski definition) is 8. The number of aromatic nitrogens is 1. The monoisotopic (exact) mass is 532 g/mol. The van der Waals surface area contributed by atoms with Crippen LogP contribution >= 0.6 is 11.3 Å². The van der Waals surface area contributed by atoms with E-state index in [9.17, 15) is 28.1 Å². The third-order valence-corrected chi connectivity index (χ3v) is 8.05. The van der Waals surface area contributed by atoms with Crippen LogP contribution in [0, 0.1) is 10.1 Å². The first-order chi connectivity index (χ1) is 17.2. The lowest BCUT2D eigenvalue weighted by Crippen LogP contribution is -2.36. The second-order valence-corrected chi connectivity index (χ2v) is 11.2. The standard InChI is InChI=1S/C23H24N4O7S2/c1-2-34-12-11-26-19-8-7-17(27(30)31)13-20(19)35-23(26)24-21(28)14-36(32,33)15-22(29)25-10-9-16-5-3-4-6-18(16)25/h3-8,13H,2,9-12,14-15H2,1H3. The lowest BCUT2D eigenvalue weighted by Gasteiger charge is -2.17. The highest BCUT2D eigenvalue weighted by Crippen LogP contribution is 2.27. The summed E-state index contributed by atoms with van der Waals surface area (Å²) in [6, 6.07) is 11.6. The molecule has 190 valence electrons. The van der Waals surface area contributed by atoms with Crippen LogP contribution in [0.15, 0.2) is 47.5 Å². The number of rotatable bonds is 9. The second-order valence-electron chi connectivity index (χ2n) is 8.10. The Labute approximate surface area is 210 Å². The summed E-state index contributed by atoms with van der Waals surface area (Å²) in [5.74, 6) is -3.23. The molecule has 1 aliphatic rings. The Bertz CT molecular complexity index is 1510. The zero-order chi connectivity index (χ0) is 25.9.